The van der Waals surface area contributed by atoms with Gasteiger partial charge in [0.2, 0.25) is 11.8 Å². The van der Waals surface area contributed by atoms with Gasteiger partial charge >= 0.3 is 0 Å². The number of benzene rings is 1. The number of piperidine rings is 1. The topological polar surface area (TPSA) is 61.4 Å². The van der Waals surface area contributed by atoms with Crippen LogP contribution in [-0.2, 0) is 16.1 Å². The van der Waals surface area contributed by atoms with E-state index in [-0.39, 0.29) is 17.7 Å². The Hall–Kier alpha value is -1.88. The van der Waals surface area contributed by atoms with E-state index in [1.165, 1.54) is 0 Å². The average Bonchev–Trinajstić information content (AvgIpc) is 2.95. The molecule has 1 aromatic carbocycles. The number of anilines is 1. The molecule has 2 amide bonds. The van der Waals surface area contributed by atoms with Crippen LogP contribution < -0.4 is 10.6 Å². The van der Waals surface area contributed by atoms with Crippen molar-refractivity contribution in [1.82, 2.24) is 10.2 Å². The summed E-state index contributed by atoms with van der Waals surface area (Å²) >= 11 is 0. The van der Waals surface area contributed by atoms with Crippen LogP contribution in [0.1, 0.15) is 31.2 Å². The van der Waals surface area contributed by atoms with E-state index in [0.717, 1.165) is 50.1 Å². The highest BCUT2D eigenvalue weighted by atomic mass is 16.2. The fraction of sp³-hybridized carbons (Fsp3) is 0.529. The molecule has 2 aliphatic heterocycles. The highest BCUT2D eigenvalue weighted by Crippen LogP contribution is 2.18. The molecule has 5 nitrogen and oxygen atoms in total. The predicted octanol–water partition coefficient (Wildman–Crippen LogP) is 1.75. The molecule has 0 unspecified atom stereocenters. The van der Waals surface area contributed by atoms with Crippen molar-refractivity contribution in [2.45, 2.75) is 32.2 Å². The highest BCUT2D eigenvalue weighted by Gasteiger charge is 2.21. The molecular weight excluding hydrogens is 278 g/mol. The smallest absolute Gasteiger partial charge is 0.227 e. The number of hydrogen-bond acceptors (Lipinski definition) is 3. The molecule has 0 aliphatic carbocycles. The number of carbonyl (C=O) groups excluding carboxylic acids is 2. The Kier molecular flexibility index (Phi) is 4.73. The lowest BCUT2D eigenvalue weighted by Crippen LogP contribution is -2.34. The molecule has 2 saturated heterocycles. The van der Waals surface area contributed by atoms with Crippen molar-refractivity contribution in [3.05, 3.63) is 29.8 Å². The van der Waals surface area contributed by atoms with Gasteiger partial charge in [0.25, 0.3) is 0 Å². The summed E-state index contributed by atoms with van der Waals surface area (Å²) in [5.74, 6) is 0.468. The molecule has 0 saturated carbocycles. The molecule has 0 spiro atoms. The van der Waals surface area contributed by atoms with Gasteiger partial charge in [-0.1, -0.05) is 12.1 Å². The van der Waals surface area contributed by atoms with Crippen LogP contribution in [0.5, 0.6) is 0 Å². The Morgan fingerprint density at radius 3 is 2.59 bits per heavy atom. The lowest BCUT2D eigenvalue weighted by atomic mass is 9.97. The van der Waals surface area contributed by atoms with E-state index in [1.54, 1.807) is 0 Å². The maximum Gasteiger partial charge on any atom is 0.227 e. The molecule has 2 fully saturated rings. The van der Waals surface area contributed by atoms with E-state index >= 15 is 0 Å². The summed E-state index contributed by atoms with van der Waals surface area (Å²) in [4.78, 5) is 25.7. The molecule has 22 heavy (non-hydrogen) atoms. The summed E-state index contributed by atoms with van der Waals surface area (Å²) in [7, 11) is 0. The van der Waals surface area contributed by atoms with Crippen molar-refractivity contribution in [3.63, 3.8) is 0 Å². The number of hydrogen-bond donors (Lipinski definition) is 2. The maximum atomic E-state index is 12.2. The van der Waals surface area contributed by atoms with Crippen LogP contribution in [0.2, 0.25) is 0 Å². The quantitative estimate of drug-likeness (QED) is 0.890. The van der Waals surface area contributed by atoms with Crippen molar-refractivity contribution >= 4 is 17.5 Å². The fourth-order valence-corrected chi connectivity index (χ4v) is 3.11. The first kappa shape index (κ1) is 15.0. The molecule has 2 heterocycles. The molecule has 2 aliphatic rings. The lowest BCUT2D eigenvalue weighted by molar-refractivity contribution is -0.128. The molecule has 5 heteroatoms. The third-order valence-electron chi connectivity index (χ3n) is 4.48. The number of carbonyl (C=O) groups is 2. The predicted molar refractivity (Wildman–Crippen MR) is 85.3 cm³/mol. The average molecular weight is 301 g/mol. The SMILES string of the molecule is O=C(Nc1ccc(CN2CCCC2=O)cc1)C1CCNCC1. The number of likely N-dealkylation sites (tertiary alicyclic amines) is 1. The van der Waals surface area contributed by atoms with Gasteiger partial charge in [-0.2, -0.15) is 0 Å². The minimum absolute atomic E-state index is 0.114. The molecule has 118 valence electrons. The standard InChI is InChI=1S/C17H23N3O2/c21-16-2-1-11-20(16)12-13-3-5-15(6-4-13)19-17(22)14-7-9-18-10-8-14/h3-6,14,18H,1-2,7-12H2,(H,19,22). The summed E-state index contributed by atoms with van der Waals surface area (Å²) in [5, 5.41) is 6.26. The summed E-state index contributed by atoms with van der Waals surface area (Å²) < 4.78 is 0. The maximum absolute atomic E-state index is 12.2. The van der Waals surface area contributed by atoms with Gasteiger partial charge in [-0.05, 0) is 50.0 Å². The third-order valence-corrected chi connectivity index (χ3v) is 4.48. The van der Waals surface area contributed by atoms with Gasteiger partial charge in [-0.25, -0.2) is 0 Å². The second-order valence-electron chi connectivity index (χ2n) is 6.13. The summed E-state index contributed by atoms with van der Waals surface area (Å²) in [6.07, 6.45) is 3.44. The Balaban J connectivity index is 1.54. The second-order valence-corrected chi connectivity index (χ2v) is 6.13. The number of amides is 2. The Morgan fingerprint density at radius 2 is 1.95 bits per heavy atom. The summed E-state index contributed by atoms with van der Waals surface area (Å²) in [6.45, 7) is 3.36. The van der Waals surface area contributed by atoms with Crippen LogP contribution in [-0.4, -0.2) is 36.3 Å². The van der Waals surface area contributed by atoms with Crippen LogP contribution in [0.15, 0.2) is 24.3 Å². The zero-order chi connectivity index (χ0) is 15.4. The monoisotopic (exact) mass is 301 g/mol. The van der Waals surface area contributed by atoms with Crippen molar-refractivity contribution in [2.24, 2.45) is 5.92 Å². The third kappa shape index (κ3) is 3.65. The second kappa shape index (κ2) is 6.92. The van der Waals surface area contributed by atoms with Crippen molar-refractivity contribution in [1.29, 1.82) is 0 Å². The van der Waals surface area contributed by atoms with E-state index in [2.05, 4.69) is 10.6 Å². The van der Waals surface area contributed by atoms with Crippen LogP contribution in [0.3, 0.4) is 0 Å². The first-order valence-electron chi connectivity index (χ1n) is 8.11. The first-order chi connectivity index (χ1) is 10.7. The fourth-order valence-electron chi connectivity index (χ4n) is 3.11. The van der Waals surface area contributed by atoms with Crippen LogP contribution >= 0.6 is 0 Å². The minimum Gasteiger partial charge on any atom is -0.338 e. The van der Waals surface area contributed by atoms with Crippen LogP contribution in [0.4, 0.5) is 5.69 Å². The van der Waals surface area contributed by atoms with Gasteiger partial charge in [0.1, 0.15) is 0 Å². The molecule has 1 aromatic rings. The largest absolute Gasteiger partial charge is 0.338 e. The molecule has 0 atom stereocenters. The Morgan fingerprint density at radius 1 is 1.23 bits per heavy atom. The van der Waals surface area contributed by atoms with E-state index < -0.39 is 0 Å². The lowest BCUT2D eigenvalue weighted by Gasteiger charge is -2.22. The molecule has 2 N–H and O–H groups in total. The van der Waals surface area contributed by atoms with Gasteiger partial charge < -0.3 is 15.5 Å². The van der Waals surface area contributed by atoms with E-state index in [9.17, 15) is 9.59 Å². The number of rotatable bonds is 4. The molecule has 0 radical (unpaired) electrons. The minimum atomic E-state index is 0.114. The molecular formula is C17H23N3O2. The Labute approximate surface area is 131 Å². The van der Waals surface area contributed by atoms with Gasteiger partial charge in [-0.15, -0.1) is 0 Å². The van der Waals surface area contributed by atoms with Crippen LogP contribution in [0.25, 0.3) is 0 Å². The van der Waals surface area contributed by atoms with Crippen molar-refractivity contribution < 1.29 is 9.59 Å². The highest BCUT2D eigenvalue weighted by molar-refractivity contribution is 5.92. The Bertz CT molecular complexity index is 535. The van der Waals surface area contributed by atoms with E-state index in [1.807, 2.05) is 29.2 Å². The molecule has 0 aromatic heterocycles. The van der Waals surface area contributed by atoms with Gasteiger partial charge in [-0.3, -0.25) is 9.59 Å². The summed E-state index contributed by atoms with van der Waals surface area (Å²) in [5.41, 5.74) is 1.94. The van der Waals surface area contributed by atoms with Crippen molar-refractivity contribution in [2.75, 3.05) is 25.0 Å². The van der Waals surface area contributed by atoms with Gasteiger partial charge in [0.15, 0.2) is 0 Å². The zero-order valence-electron chi connectivity index (χ0n) is 12.8. The number of nitrogens with one attached hydrogen (secondary N) is 2. The zero-order valence-corrected chi connectivity index (χ0v) is 12.8. The molecule has 0 bridgehead atoms. The summed E-state index contributed by atoms with van der Waals surface area (Å²) in [6, 6.07) is 7.83. The number of nitrogens with zero attached hydrogens (tertiary/aromatic N) is 1. The van der Waals surface area contributed by atoms with Crippen molar-refractivity contribution in [3.8, 4) is 0 Å². The van der Waals surface area contributed by atoms with E-state index in [4.69, 9.17) is 0 Å². The molecule has 3 rings (SSSR count). The normalized spacial score (nSPS) is 19.5. The first-order valence-corrected chi connectivity index (χ1v) is 8.11. The van der Waals surface area contributed by atoms with E-state index in [0.29, 0.717) is 13.0 Å². The van der Waals surface area contributed by atoms with Gasteiger partial charge in [0, 0.05) is 31.1 Å². The van der Waals surface area contributed by atoms with Crippen LogP contribution in [0, 0.1) is 5.92 Å². The van der Waals surface area contributed by atoms with Gasteiger partial charge in [0.05, 0.1) is 0 Å².